The van der Waals surface area contributed by atoms with Gasteiger partial charge in [-0.1, -0.05) is 42.5 Å². The number of benzene rings is 2. The summed E-state index contributed by atoms with van der Waals surface area (Å²) in [5, 5.41) is 10.6. The van der Waals surface area contributed by atoms with Crippen molar-refractivity contribution in [1.82, 2.24) is 0 Å². The lowest BCUT2D eigenvalue weighted by Gasteiger charge is -2.08. The molecule has 0 spiro atoms. The van der Waals surface area contributed by atoms with Crippen LogP contribution in [0.3, 0.4) is 0 Å². The molecule has 1 N–H and O–H groups in total. The number of aryl methyl sites for hydroxylation is 1. The largest absolute Gasteiger partial charge is 0.506 e. The Morgan fingerprint density at radius 2 is 1.85 bits per heavy atom. The molecule has 0 bridgehead atoms. The Balaban J connectivity index is 1.61. The van der Waals surface area contributed by atoms with E-state index in [2.05, 4.69) is 4.99 Å². The molecule has 0 aliphatic carbocycles. The molecule has 0 unspecified atom stereocenters. The zero-order valence-corrected chi connectivity index (χ0v) is 14.1. The Hall–Kier alpha value is -3.21. The molecule has 4 rings (SSSR count). The number of ether oxygens (including phenoxy) is 1. The van der Waals surface area contributed by atoms with Crippen LogP contribution in [0.15, 0.2) is 59.1 Å². The predicted molar refractivity (Wildman–Crippen MR) is 97.4 cm³/mol. The van der Waals surface area contributed by atoms with Gasteiger partial charge in [-0.25, -0.2) is 4.99 Å². The van der Waals surface area contributed by atoms with Crippen molar-refractivity contribution in [3.05, 3.63) is 70.8 Å². The molecule has 1 amide bonds. The van der Waals surface area contributed by atoms with Crippen LogP contribution < -0.4 is 4.74 Å². The molecule has 130 valence electrons. The molecule has 2 aromatic rings. The van der Waals surface area contributed by atoms with Gasteiger partial charge in [0.2, 0.25) is 5.78 Å². The predicted octanol–water partition coefficient (Wildman–Crippen LogP) is 3.07. The molecule has 0 radical (unpaired) electrons. The van der Waals surface area contributed by atoms with E-state index < -0.39 is 11.7 Å². The first-order valence-corrected chi connectivity index (χ1v) is 8.54. The maximum Gasteiger partial charge on any atom is 0.285 e. The molecule has 5 nitrogen and oxygen atoms in total. The van der Waals surface area contributed by atoms with Gasteiger partial charge in [-0.3, -0.25) is 9.59 Å². The van der Waals surface area contributed by atoms with E-state index in [0.717, 1.165) is 17.5 Å². The van der Waals surface area contributed by atoms with Gasteiger partial charge in [0.05, 0.1) is 17.9 Å². The summed E-state index contributed by atoms with van der Waals surface area (Å²) in [7, 11) is 0. The third-order valence-electron chi connectivity index (χ3n) is 4.64. The van der Waals surface area contributed by atoms with Crippen LogP contribution in [-0.2, 0) is 22.4 Å². The maximum atomic E-state index is 12.6. The van der Waals surface area contributed by atoms with Crippen molar-refractivity contribution < 1.29 is 19.4 Å². The van der Waals surface area contributed by atoms with E-state index in [4.69, 9.17) is 4.74 Å². The second-order valence-electron chi connectivity index (χ2n) is 6.29. The minimum atomic E-state index is -0.689. The Morgan fingerprint density at radius 1 is 1.04 bits per heavy atom. The fraction of sp³-hybridized carbons (Fsp3) is 0.190. The van der Waals surface area contributed by atoms with Crippen LogP contribution in [0.4, 0.5) is 0 Å². The number of carbonyl (C=O) groups is 2. The molecule has 26 heavy (non-hydrogen) atoms. The highest BCUT2D eigenvalue weighted by Gasteiger charge is 2.35. The van der Waals surface area contributed by atoms with E-state index in [1.54, 1.807) is 12.1 Å². The Kier molecular flexibility index (Phi) is 4.13. The summed E-state index contributed by atoms with van der Waals surface area (Å²) in [4.78, 5) is 28.8. The van der Waals surface area contributed by atoms with Gasteiger partial charge in [-0.15, -0.1) is 0 Å². The van der Waals surface area contributed by atoms with Crippen molar-refractivity contribution in [2.24, 2.45) is 4.99 Å². The normalized spacial score (nSPS) is 17.8. The molecule has 2 aliphatic heterocycles. The minimum absolute atomic E-state index is 0.189. The van der Waals surface area contributed by atoms with Crippen LogP contribution in [0.2, 0.25) is 0 Å². The van der Waals surface area contributed by atoms with Crippen LogP contribution in [0.25, 0.3) is 5.76 Å². The number of rotatable bonds is 4. The van der Waals surface area contributed by atoms with E-state index in [0.29, 0.717) is 30.8 Å². The second kappa shape index (κ2) is 6.59. The lowest BCUT2D eigenvalue weighted by Crippen LogP contribution is -2.14. The van der Waals surface area contributed by atoms with E-state index in [9.17, 15) is 14.7 Å². The van der Waals surface area contributed by atoms with Crippen molar-refractivity contribution >= 4 is 23.2 Å². The first-order valence-electron chi connectivity index (χ1n) is 8.54. The van der Waals surface area contributed by atoms with E-state index >= 15 is 0 Å². The number of fused-ring (bicyclic) bond motifs is 1. The lowest BCUT2D eigenvalue weighted by atomic mass is 9.99. The number of nitrogens with zero attached hydrogens (tertiary/aromatic N) is 1. The summed E-state index contributed by atoms with van der Waals surface area (Å²) in [5.74, 6) is -1.00. The number of para-hydroxylation sites is 1. The van der Waals surface area contributed by atoms with Crippen molar-refractivity contribution in [3.63, 3.8) is 0 Å². The highest BCUT2D eigenvalue weighted by Crippen LogP contribution is 2.35. The highest BCUT2D eigenvalue weighted by atomic mass is 16.5. The van der Waals surface area contributed by atoms with Crippen LogP contribution in [0.5, 0.6) is 5.75 Å². The summed E-state index contributed by atoms with van der Waals surface area (Å²) in [6, 6.07) is 15.0. The molecule has 2 aromatic carbocycles. The molecule has 0 saturated carbocycles. The van der Waals surface area contributed by atoms with Gasteiger partial charge >= 0.3 is 0 Å². The number of hydrogen-bond donors (Lipinski definition) is 1. The molecule has 0 atom stereocenters. The van der Waals surface area contributed by atoms with Gasteiger partial charge in [0.25, 0.3) is 5.91 Å². The average Bonchev–Trinajstić information content (AvgIpc) is 3.24. The number of aliphatic hydroxyl groups excluding tert-OH is 1. The first kappa shape index (κ1) is 16.3. The van der Waals surface area contributed by atoms with Crippen LogP contribution in [-0.4, -0.2) is 29.1 Å². The number of hydrogen-bond acceptors (Lipinski definition) is 4. The molecule has 5 heteroatoms. The van der Waals surface area contributed by atoms with Gasteiger partial charge in [0, 0.05) is 6.42 Å². The van der Waals surface area contributed by atoms with E-state index in [-0.39, 0.29) is 17.0 Å². The molecule has 2 heterocycles. The topological polar surface area (TPSA) is 76.0 Å². The number of aliphatic imine (C=N–C) groups is 1. The van der Waals surface area contributed by atoms with Gasteiger partial charge in [-0.2, -0.15) is 0 Å². The highest BCUT2D eigenvalue weighted by molar-refractivity contribution is 6.58. The monoisotopic (exact) mass is 347 g/mol. The summed E-state index contributed by atoms with van der Waals surface area (Å²) < 4.78 is 5.56. The van der Waals surface area contributed by atoms with E-state index in [1.807, 2.05) is 36.4 Å². The van der Waals surface area contributed by atoms with Gasteiger partial charge in [-0.05, 0) is 30.0 Å². The molecular weight excluding hydrogens is 330 g/mol. The molecule has 0 fully saturated rings. The Bertz CT molecular complexity index is 957. The van der Waals surface area contributed by atoms with Gasteiger partial charge in [0.1, 0.15) is 17.1 Å². The van der Waals surface area contributed by atoms with Crippen molar-refractivity contribution in [1.29, 1.82) is 0 Å². The Morgan fingerprint density at radius 3 is 2.65 bits per heavy atom. The van der Waals surface area contributed by atoms with Gasteiger partial charge in [0.15, 0.2) is 0 Å². The molecule has 2 aliphatic rings. The average molecular weight is 347 g/mol. The number of amides is 1. The smallest absolute Gasteiger partial charge is 0.285 e. The van der Waals surface area contributed by atoms with Crippen LogP contribution >= 0.6 is 0 Å². The summed E-state index contributed by atoms with van der Waals surface area (Å²) in [6.45, 7) is 0.523. The fourth-order valence-electron chi connectivity index (χ4n) is 3.29. The van der Waals surface area contributed by atoms with Crippen molar-refractivity contribution in [3.8, 4) is 5.75 Å². The second-order valence-corrected chi connectivity index (χ2v) is 6.29. The molecular formula is C21H17NO4. The van der Waals surface area contributed by atoms with Crippen molar-refractivity contribution in [2.45, 2.75) is 19.3 Å². The third kappa shape index (κ3) is 2.81. The summed E-state index contributed by atoms with van der Waals surface area (Å²) >= 11 is 0. The third-order valence-corrected chi connectivity index (χ3v) is 4.64. The van der Waals surface area contributed by atoms with Crippen LogP contribution in [0, 0.1) is 0 Å². The standard InChI is InChI=1S/C21H17NO4/c23-18(15-8-4-7-14-11-12-26-20(14)15)17-19(24)16(22-21(17)25)10-9-13-5-2-1-3-6-13/h1-8,23H,9-12H2. The molecule has 0 saturated heterocycles. The lowest BCUT2D eigenvalue weighted by molar-refractivity contribution is -0.116. The zero-order valence-electron chi connectivity index (χ0n) is 14.1. The minimum Gasteiger partial charge on any atom is -0.506 e. The summed E-state index contributed by atoms with van der Waals surface area (Å²) in [6.07, 6.45) is 1.71. The number of aliphatic hydroxyl groups is 1. The Labute approximate surface area is 150 Å². The SMILES string of the molecule is O=C1N=C(CCc2ccccc2)C(=O)C1=C(O)c1cccc2c1OCC2. The maximum absolute atomic E-state index is 12.6. The van der Waals surface area contributed by atoms with Gasteiger partial charge < -0.3 is 9.84 Å². The van der Waals surface area contributed by atoms with E-state index in [1.165, 1.54) is 0 Å². The zero-order chi connectivity index (χ0) is 18.1. The number of ketones is 1. The number of carbonyl (C=O) groups excluding carboxylic acids is 2. The quantitative estimate of drug-likeness (QED) is 0.524. The fourth-order valence-corrected chi connectivity index (χ4v) is 3.29. The van der Waals surface area contributed by atoms with Crippen molar-refractivity contribution in [2.75, 3.05) is 6.61 Å². The number of Topliss-reactive ketones (excluding diaryl/α,β-unsaturated/α-hetero) is 1. The summed E-state index contributed by atoms with van der Waals surface area (Å²) in [5.41, 5.74) is 2.31. The molecule has 0 aromatic heterocycles. The van der Waals surface area contributed by atoms with Crippen LogP contribution in [0.1, 0.15) is 23.1 Å². The first-order chi connectivity index (χ1) is 12.6.